The molecule has 0 spiro atoms. The minimum atomic E-state index is -3.52. The van der Waals surface area contributed by atoms with E-state index in [0.717, 1.165) is 6.42 Å². The van der Waals surface area contributed by atoms with Gasteiger partial charge in [-0.2, -0.15) is 0 Å². The minimum Gasteiger partial charge on any atom is -0.487 e. The van der Waals surface area contributed by atoms with Gasteiger partial charge in [0, 0.05) is 29.3 Å². The van der Waals surface area contributed by atoms with Crippen LogP contribution in [0.5, 0.6) is 0 Å². The first-order valence-corrected chi connectivity index (χ1v) is 8.49. The molecule has 1 aromatic heterocycles. The Bertz CT molecular complexity index is 899. The van der Waals surface area contributed by atoms with Crippen LogP contribution in [0, 0.1) is 0 Å². The van der Waals surface area contributed by atoms with Crippen molar-refractivity contribution in [3.63, 3.8) is 0 Å². The van der Waals surface area contributed by atoms with E-state index in [1.165, 1.54) is 5.41 Å². The average molecular weight is 318 g/mol. The Morgan fingerprint density at radius 1 is 1.36 bits per heavy atom. The maximum atomic E-state index is 12.3. The van der Waals surface area contributed by atoms with Gasteiger partial charge in [0.05, 0.1) is 29.0 Å². The molecule has 2 aliphatic heterocycles. The van der Waals surface area contributed by atoms with Crippen LogP contribution in [0.4, 0.5) is 5.69 Å². The number of rotatable bonds is 2. The molecule has 2 aromatic rings. The molecule has 1 saturated heterocycles. The molecule has 7 heteroatoms. The van der Waals surface area contributed by atoms with E-state index < -0.39 is 9.84 Å². The summed E-state index contributed by atoms with van der Waals surface area (Å²) in [5, 5.41) is 1.80. The van der Waals surface area contributed by atoms with Gasteiger partial charge >= 0.3 is 0 Å². The zero-order chi connectivity index (χ0) is 15.3. The quantitative estimate of drug-likeness (QED) is 0.906. The van der Waals surface area contributed by atoms with Gasteiger partial charge in [-0.05, 0) is 18.2 Å². The van der Waals surface area contributed by atoms with Crippen molar-refractivity contribution in [3.8, 4) is 0 Å². The van der Waals surface area contributed by atoms with Gasteiger partial charge in [0.15, 0.2) is 0 Å². The molecular formula is C15H14N2O4S. The van der Waals surface area contributed by atoms with Gasteiger partial charge in [-0.25, -0.2) is 8.42 Å². The summed E-state index contributed by atoms with van der Waals surface area (Å²) in [6.45, 7) is 1.11. The van der Waals surface area contributed by atoms with E-state index in [0.29, 0.717) is 41.1 Å². The molecule has 0 bridgehead atoms. The van der Waals surface area contributed by atoms with Crippen molar-refractivity contribution in [2.45, 2.75) is 17.4 Å². The lowest BCUT2D eigenvalue weighted by atomic mass is 10.1. The van der Waals surface area contributed by atoms with Gasteiger partial charge in [-0.1, -0.05) is 0 Å². The zero-order valence-electron chi connectivity index (χ0n) is 11.7. The predicted molar refractivity (Wildman–Crippen MR) is 81.6 cm³/mol. The number of fused-ring (bicyclic) bond motifs is 2. The summed E-state index contributed by atoms with van der Waals surface area (Å²) >= 11 is 0. The number of hydrogen-bond acceptors (Lipinski definition) is 6. The molecule has 1 fully saturated rings. The van der Waals surface area contributed by atoms with Crippen LogP contribution in [0.1, 0.15) is 12.0 Å². The Labute approximate surface area is 127 Å². The molecule has 0 radical (unpaired) electrons. The first-order chi connectivity index (χ1) is 10.5. The smallest absolute Gasteiger partial charge is 0.204 e. The highest BCUT2D eigenvalue weighted by atomic mass is 32.2. The number of benzene rings is 1. The van der Waals surface area contributed by atoms with E-state index in [4.69, 9.17) is 15.2 Å². The number of sulfone groups is 1. The lowest BCUT2D eigenvalue weighted by Crippen LogP contribution is -2.10. The molecular weight excluding hydrogens is 304 g/mol. The molecule has 0 amide bonds. The number of pyridine rings is 1. The highest BCUT2D eigenvalue weighted by molar-refractivity contribution is 7.95. The lowest BCUT2D eigenvalue weighted by Gasteiger charge is -2.13. The highest BCUT2D eigenvalue weighted by Crippen LogP contribution is 2.38. The minimum absolute atomic E-state index is 0.114. The predicted octanol–water partition coefficient (Wildman–Crippen LogP) is 1.71. The van der Waals surface area contributed by atoms with Crippen LogP contribution < -0.4 is 5.73 Å². The average Bonchev–Trinajstić information content (AvgIpc) is 3.06. The van der Waals surface area contributed by atoms with Crippen LogP contribution in [-0.2, 0) is 19.3 Å². The van der Waals surface area contributed by atoms with Crippen molar-refractivity contribution in [2.24, 2.45) is 0 Å². The maximum absolute atomic E-state index is 12.3. The Morgan fingerprint density at radius 2 is 2.23 bits per heavy atom. The molecule has 0 unspecified atom stereocenters. The first-order valence-electron chi connectivity index (χ1n) is 6.94. The molecule has 2 N–H and O–H groups in total. The summed E-state index contributed by atoms with van der Waals surface area (Å²) in [5.74, 6) is 0.358. The fraction of sp³-hybridized carbons (Fsp3) is 0.267. The molecule has 2 aliphatic rings. The third-order valence-electron chi connectivity index (χ3n) is 3.89. The second kappa shape index (κ2) is 4.69. The first kappa shape index (κ1) is 13.5. The van der Waals surface area contributed by atoms with Crippen molar-refractivity contribution in [2.75, 3.05) is 18.9 Å². The number of nitrogen functional groups attached to an aromatic ring is 1. The second-order valence-corrected chi connectivity index (χ2v) is 7.16. The zero-order valence-corrected chi connectivity index (χ0v) is 12.5. The largest absolute Gasteiger partial charge is 0.487 e. The van der Waals surface area contributed by atoms with Crippen LogP contribution in [0.3, 0.4) is 0 Å². The number of nitrogens with zero attached hydrogens (tertiary/aromatic N) is 1. The van der Waals surface area contributed by atoms with Crippen molar-refractivity contribution in [1.29, 1.82) is 0 Å². The van der Waals surface area contributed by atoms with E-state index >= 15 is 0 Å². The van der Waals surface area contributed by atoms with Crippen LogP contribution in [0.15, 0.2) is 34.7 Å². The maximum Gasteiger partial charge on any atom is 0.204 e. The van der Waals surface area contributed by atoms with E-state index in [2.05, 4.69) is 4.98 Å². The van der Waals surface area contributed by atoms with E-state index in [1.807, 2.05) is 0 Å². The summed E-state index contributed by atoms with van der Waals surface area (Å²) in [6, 6.07) is 4.94. The SMILES string of the molecule is Nc1ccnc2cc3c(cc12)S(=O)(=O)C=C3O[C@H]1CCOC1. The Morgan fingerprint density at radius 3 is 3.00 bits per heavy atom. The number of ether oxygens (including phenoxy) is 2. The van der Waals surface area contributed by atoms with Gasteiger partial charge in [0.1, 0.15) is 11.9 Å². The standard InChI is InChI=1S/C15H14N2O4S/c16-12-1-3-17-13-5-11-14(21-9-2-4-20-7-9)8-22(18,19)15(11)6-10(12)13/h1,3,5-6,8-9H,2,4,7H2,(H2,16,17)/t9-/m0/s1. The summed E-state index contributed by atoms with van der Waals surface area (Å²) in [6.07, 6.45) is 2.24. The Hall–Kier alpha value is -2.12. The summed E-state index contributed by atoms with van der Waals surface area (Å²) in [5.41, 5.74) is 7.59. The summed E-state index contributed by atoms with van der Waals surface area (Å²) in [7, 11) is -3.52. The van der Waals surface area contributed by atoms with Crippen LogP contribution in [-0.4, -0.2) is 32.7 Å². The van der Waals surface area contributed by atoms with Crippen LogP contribution in [0.25, 0.3) is 16.7 Å². The lowest BCUT2D eigenvalue weighted by molar-refractivity contribution is 0.124. The molecule has 6 nitrogen and oxygen atoms in total. The van der Waals surface area contributed by atoms with Crippen molar-refractivity contribution in [1.82, 2.24) is 4.98 Å². The fourth-order valence-corrected chi connectivity index (χ4v) is 4.11. The molecule has 0 saturated carbocycles. The van der Waals surface area contributed by atoms with Gasteiger partial charge in [-0.3, -0.25) is 4.98 Å². The van der Waals surface area contributed by atoms with Crippen LogP contribution in [0.2, 0.25) is 0 Å². The van der Waals surface area contributed by atoms with Gasteiger partial charge in [0.2, 0.25) is 9.84 Å². The van der Waals surface area contributed by atoms with E-state index in [9.17, 15) is 8.42 Å². The number of anilines is 1. The van der Waals surface area contributed by atoms with E-state index in [1.54, 1.807) is 24.4 Å². The molecule has 1 aromatic carbocycles. The Balaban J connectivity index is 1.86. The van der Waals surface area contributed by atoms with Gasteiger partial charge in [0.25, 0.3) is 0 Å². The molecule has 3 heterocycles. The second-order valence-electron chi connectivity index (χ2n) is 5.40. The Kier molecular flexibility index (Phi) is 2.88. The van der Waals surface area contributed by atoms with Crippen molar-refractivity contribution in [3.05, 3.63) is 35.4 Å². The molecule has 0 aliphatic carbocycles. The van der Waals surface area contributed by atoms with Crippen LogP contribution >= 0.6 is 0 Å². The molecule has 22 heavy (non-hydrogen) atoms. The molecule has 114 valence electrons. The topological polar surface area (TPSA) is 91.5 Å². The summed E-state index contributed by atoms with van der Waals surface area (Å²) in [4.78, 5) is 4.47. The van der Waals surface area contributed by atoms with Crippen molar-refractivity contribution < 1.29 is 17.9 Å². The fourth-order valence-electron chi connectivity index (χ4n) is 2.77. The number of hydrogen-bond donors (Lipinski definition) is 1. The van der Waals surface area contributed by atoms with Crippen molar-refractivity contribution >= 4 is 32.2 Å². The number of aromatic nitrogens is 1. The third kappa shape index (κ3) is 2.05. The number of nitrogens with two attached hydrogens (primary N) is 1. The van der Waals surface area contributed by atoms with Gasteiger partial charge < -0.3 is 15.2 Å². The molecule has 4 rings (SSSR count). The van der Waals surface area contributed by atoms with E-state index in [-0.39, 0.29) is 11.0 Å². The third-order valence-corrected chi connectivity index (χ3v) is 5.37. The highest BCUT2D eigenvalue weighted by Gasteiger charge is 2.31. The normalized spacial score (nSPS) is 22.5. The molecule has 1 atom stereocenters. The van der Waals surface area contributed by atoms with Gasteiger partial charge in [-0.15, -0.1) is 0 Å². The summed E-state index contributed by atoms with van der Waals surface area (Å²) < 4.78 is 35.8. The monoisotopic (exact) mass is 318 g/mol.